The van der Waals surface area contributed by atoms with Crippen molar-refractivity contribution in [1.29, 1.82) is 0 Å². The van der Waals surface area contributed by atoms with Gasteiger partial charge in [0.25, 0.3) is 0 Å². The molecule has 98 valence electrons. The first-order valence-electron chi connectivity index (χ1n) is 6.01. The SMILES string of the molecule is CC(c1ccccn1)N1CC(C)(OCC(=O)O)C1. The number of carboxylic acids is 1. The second-order valence-corrected chi connectivity index (χ2v) is 4.97. The second-order valence-electron chi connectivity index (χ2n) is 4.97. The van der Waals surface area contributed by atoms with E-state index in [1.165, 1.54) is 0 Å². The first-order chi connectivity index (χ1) is 8.50. The summed E-state index contributed by atoms with van der Waals surface area (Å²) in [6.07, 6.45) is 1.78. The number of hydrogen-bond donors (Lipinski definition) is 1. The third-order valence-electron chi connectivity index (χ3n) is 3.28. The van der Waals surface area contributed by atoms with Gasteiger partial charge in [0.2, 0.25) is 0 Å². The third kappa shape index (κ3) is 2.86. The van der Waals surface area contributed by atoms with E-state index in [9.17, 15) is 4.79 Å². The highest BCUT2D eigenvalue weighted by molar-refractivity contribution is 5.68. The first-order valence-corrected chi connectivity index (χ1v) is 6.01. The average Bonchev–Trinajstić information content (AvgIpc) is 2.33. The van der Waals surface area contributed by atoms with Crippen LogP contribution in [0.4, 0.5) is 0 Å². The lowest BCUT2D eigenvalue weighted by Crippen LogP contribution is -2.62. The summed E-state index contributed by atoms with van der Waals surface area (Å²) in [6, 6.07) is 6.09. The molecular formula is C13H18N2O3. The molecule has 1 aromatic rings. The van der Waals surface area contributed by atoms with Crippen molar-refractivity contribution in [3.63, 3.8) is 0 Å². The van der Waals surface area contributed by atoms with Crippen LogP contribution >= 0.6 is 0 Å². The lowest BCUT2D eigenvalue weighted by atomic mass is 9.93. The topological polar surface area (TPSA) is 62.7 Å². The predicted molar refractivity (Wildman–Crippen MR) is 66.2 cm³/mol. The molecule has 18 heavy (non-hydrogen) atoms. The number of rotatable bonds is 5. The number of aromatic nitrogens is 1. The molecule has 0 amide bonds. The molecule has 2 heterocycles. The zero-order valence-electron chi connectivity index (χ0n) is 10.7. The number of carbonyl (C=O) groups is 1. The van der Waals surface area contributed by atoms with Gasteiger partial charge in [-0.05, 0) is 26.0 Å². The summed E-state index contributed by atoms with van der Waals surface area (Å²) in [6.45, 7) is 5.27. The van der Waals surface area contributed by atoms with E-state index in [4.69, 9.17) is 9.84 Å². The number of ether oxygens (including phenoxy) is 1. The highest BCUT2D eigenvalue weighted by Crippen LogP contribution is 2.32. The minimum atomic E-state index is -0.924. The van der Waals surface area contributed by atoms with Gasteiger partial charge in [-0.25, -0.2) is 4.79 Å². The van der Waals surface area contributed by atoms with E-state index in [2.05, 4.69) is 16.8 Å². The molecule has 1 aliphatic rings. The Labute approximate surface area is 106 Å². The lowest BCUT2D eigenvalue weighted by molar-refractivity contribution is -0.169. The molecule has 0 bridgehead atoms. The van der Waals surface area contributed by atoms with Gasteiger partial charge in [-0.15, -0.1) is 0 Å². The Kier molecular flexibility index (Phi) is 3.63. The number of aliphatic carboxylic acids is 1. The van der Waals surface area contributed by atoms with Crippen molar-refractivity contribution in [3.8, 4) is 0 Å². The van der Waals surface area contributed by atoms with Gasteiger partial charge in [-0.3, -0.25) is 9.88 Å². The minimum Gasteiger partial charge on any atom is -0.480 e. The van der Waals surface area contributed by atoms with Crippen molar-refractivity contribution in [2.45, 2.75) is 25.5 Å². The third-order valence-corrected chi connectivity index (χ3v) is 3.28. The largest absolute Gasteiger partial charge is 0.480 e. The van der Waals surface area contributed by atoms with E-state index < -0.39 is 5.97 Å². The van der Waals surface area contributed by atoms with Gasteiger partial charge in [0.05, 0.1) is 11.3 Å². The van der Waals surface area contributed by atoms with Crippen LogP contribution in [0.25, 0.3) is 0 Å². The van der Waals surface area contributed by atoms with Crippen LogP contribution in [-0.4, -0.2) is 46.3 Å². The maximum atomic E-state index is 10.5. The fraction of sp³-hybridized carbons (Fsp3) is 0.538. The monoisotopic (exact) mass is 250 g/mol. The Hall–Kier alpha value is -1.46. The Morgan fingerprint density at radius 2 is 2.33 bits per heavy atom. The van der Waals surface area contributed by atoms with E-state index >= 15 is 0 Å². The Morgan fingerprint density at radius 3 is 2.89 bits per heavy atom. The normalized spacial score (nSPS) is 20.1. The number of likely N-dealkylation sites (tertiary alicyclic amines) is 1. The molecule has 1 aromatic heterocycles. The maximum absolute atomic E-state index is 10.5. The fourth-order valence-corrected chi connectivity index (χ4v) is 2.22. The van der Waals surface area contributed by atoms with Crippen molar-refractivity contribution in [2.75, 3.05) is 19.7 Å². The summed E-state index contributed by atoms with van der Waals surface area (Å²) in [5, 5.41) is 8.60. The molecule has 1 atom stereocenters. The standard InChI is InChI=1S/C13H18N2O3/c1-10(11-5-3-4-6-14-11)15-8-13(2,9-15)18-7-12(16)17/h3-6,10H,7-9H2,1-2H3,(H,16,17). The van der Waals surface area contributed by atoms with Gasteiger partial charge in [-0.1, -0.05) is 6.07 Å². The molecule has 1 aliphatic heterocycles. The van der Waals surface area contributed by atoms with E-state index in [0.29, 0.717) is 0 Å². The van der Waals surface area contributed by atoms with Crippen LogP contribution in [0.15, 0.2) is 24.4 Å². The van der Waals surface area contributed by atoms with Gasteiger partial charge in [-0.2, -0.15) is 0 Å². The number of nitrogens with zero attached hydrogens (tertiary/aromatic N) is 2. The molecular weight excluding hydrogens is 232 g/mol. The highest BCUT2D eigenvalue weighted by Gasteiger charge is 2.42. The summed E-state index contributed by atoms with van der Waals surface area (Å²) < 4.78 is 5.38. The maximum Gasteiger partial charge on any atom is 0.329 e. The molecule has 0 radical (unpaired) electrons. The van der Waals surface area contributed by atoms with Crippen molar-refractivity contribution >= 4 is 5.97 Å². The Balaban J connectivity index is 1.87. The van der Waals surface area contributed by atoms with Crippen LogP contribution in [0, 0.1) is 0 Å². The fourth-order valence-electron chi connectivity index (χ4n) is 2.22. The number of carboxylic acid groups (broad SMARTS) is 1. The minimum absolute atomic E-state index is 0.229. The summed E-state index contributed by atoms with van der Waals surface area (Å²) in [5.41, 5.74) is 0.680. The van der Waals surface area contributed by atoms with Crippen LogP contribution in [0.1, 0.15) is 25.6 Å². The zero-order chi connectivity index (χ0) is 13.2. The lowest BCUT2D eigenvalue weighted by Gasteiger charge is -2.49. The average molecular weight is 250 g/mol. The van der Waals surface area contributed by atoms with Gasteiger partial charge >= 0.3 is 5.97 Å². The van der Waals surface area contributed by atoms with Crippen LogP contribution < -0.4 is 0 Å². The quantitative estimate of drug-likeness (QED) is 0.854. The molecule has 0 saturated carbocycles. The Morgan fingerprint density at radius 1 is 1.61 bits per heavy atom. The molecule has 0 aliphatic carbocycles. The summed E-state index contributed by atoms with van der Waals surface area (Å²) in [4.78, 5) is 17.0. The molecule has 0 aromatic carbocycles. The van der Waals surface area contributed by atoms with E-state index in [-0.39, 0.29) is 18.2 Å². The molecule has 0 spiro atoms. The van der Waals surface area contributed by atoms with Crippen molar-refractivity contribution in [1.82, 2.24) is 9.88 Å². The van der Waals surface area contributed by atoms with Crippen molar-refractivity contribution in [3.05, 3.63) is 30.1 Å². The Bertz CT molecular complexity index is 416. The highest BCUT2D eigenvalue weighted by atomic mass is 16.5. The molecule has 5 heteroatoms. The van der Waals surface area contributed by atoms with Gasteiger partial charge in [0.1, 0.15) is 6.61 Å². The zero-order valence-corrected chi connectivity index (χ0v) is 10.7. The van der Waals surface area contributed by atoms with Crippen LogP contribution in [0.3, 0.4) is 0 Å². The van der Waals surface area contributed by atoms with Gasteiger partial charge in [0.15, 0.2) is 0 Å². The molecule has 1 saturated heterocycles. The number of pyridine rings is 1. The molecule has 1 unspecified atom stereocenters. The second kappa shape index (κ2) is 5.04. The van der Waals surface area contributed by atoms with Crippen LogP contribution in [0.5, 0.6) is 0 Å². The first kappa shape index (κ1) is 13.0. The van der Waals surface area contributed by atoms with Crippen LogP contribution in [-0.2, 0) is 9.53 Å². The molecule has 2 rings (SSSR count). The van der Waals surface area contributed by atoms with Crippen molar-refractivity contribution in [2.24, 2.45) is 0 Å². The molecule has 1 fully saturated rings. The van der Waals surface area contributed by atoms with E-state index in [0.717, 1.165) is 18.8 Å². The number of hydrogen-bond acceptors (Lipinski definition) is 4. The van der Waals surface area contributed by atoms with E-state index in [1.54, 1.807) is 6.20 Å². The van der Waals surface area contributed by atoms with Gasteiger partial charge in [0, 0.05) is 25.3 Å². The van der Waals surface area contributed by atoms with Crippen LogP contribution in [0.2, 0.25) is 0 Å². The molecule has 5 nitrogen and oxygen atoms in total. The predicted octanol–water partition coefficient (Wildman–Crippen LogP) is 1.32. The summed E-state index contributed by atoms with van der Waals surface area (Å²) >= 11 is 0. The van der Waals surface area contributed by atoms with Crippen molar-refractivity contribution < 1.29 is 14.6 Å². The summed E-state index contributed by atoms with van der Waals surface area (Å²) in [5.74, 6) is -0.924. The smallest absolute Gasteiger partial charge is 0.329 e. The van der Waals surface area contributed by atoms with Gasteiger partial charge < -0.3 is 9.84 Å². The molecule has 1 N–H and O–H groups in total. The van der Waals surface area contributed by atoms with E-state index in [1.807, 2.05) is 25.1 Å². The summed E-state index contributed by atoms with van der Waals surface area (Å²) in [7, 11) is 0.